The molecule has 0 aliphatic carbocycles. The lowest BCUT2D eigenvalue weighted by atomic mass is 9.95. The van der Waals surface area contributed by atoms with Crippen molar-refractivity contribution in [3.8, 4) is 11.5 Å². The van der Waals surface area contributed by atoms with E-state index in [-0.39, 0.29) is 32.7 Å². The van der Waals surface area contributed by atoms with E-state index in [1.807, 2.05) is 13.8 Å². The molecule has 1 N–H and O–H groups in total. The summed E-state index contributed by atoms with van der Waals surface area (Å²) in [4.78, 5) is 27.6. The predicted octanol–water partition coefficient (Wildman–Crippen LogP) is 6.01. The standard InChI is InChI=1S/C25H27Cl2NO5/c1-4-6-11-28-21(15-7-9-17(10-8-15)33-12-5-2)20(23(30)25(28)31)22(29)18-13-16(26)14-19(27)24(18)32-3/h7-10,13-14,21,29H,4-6,11-12H2,1-3H3/b22-20+. The number of rotatable bonds is 9. The molecule has 3 rings (SSSR count). The summed E-state index contributed by atoms with van der Waals surface area (Å²) in [6.45, 7) is 4.99. The van der Waals surface area contributed by atoms with Crippen molar-refractivity contribution in [2.24, 2.45) is 0 Å². The number of methoxy groups -OCH3 is 1. The molecule has 0 aromatic heterocycles. The van der Waals surface area contributed by atoms with Gasteiger partial charge in [-0.3, -0.25) is 9.59 Å². The average Bonchev–Trinajstić information content (AvgIpc) is 3.05. The van der Waals surface area contributed by atoms with Crippen molar-refractivity contribution in [3.63, 3.8) is 0 Å². The number of unbranched alkanes of at least 4 members (excludes halogenated alkanes) is 1. The zero-order valence-corrected chi connectivity index (χ0v) is 20.4. The van der Waals surface area contributed by atoms with Crippen LogP contribution in [0.4, 0.5) is 0 Å². The molecule has 33 heavy (non-hydrogen) atoms. The van der Waals surface area contributed by atoms with E-state index < -0.39 is 17.7 Å². The highest BCUT2D eigenvalue weighted by Crippen LogP contribution is 2.43. The van der Waals surface area contributed by atoms with E-state index in [1.165, 1.54) is 24.1 Å². The summed E-state index contributed by atoms with van der Waals surface area (Å²) in [5.74, 6) is -0.953. The van der Waals surface area contributed by atoms with E-state index in [0.717, 1.165) is 12.8 Å². The molecule has 6 nitrogen and oxygen atoms in total. The van der Waals surface area contributed by atoms with Crippen molar-refractivity contribution < 1.29 is 24.2 Å². The van der Waals surface area contributed by atoms with Crippen molar-refractivity contribution in [3.05, 3.63) is 63.1 Å². The normalized spacial score (nSPS) is 17.5. The first kappa shape index (κ1) is 24.9. The fraction of sp³-hybridized carbons (Fsp3) is 0.360. The highest BCUT2D eigenvalue weighted by Gasteiger charge is 2.46. The van der Waals surface area contributed by atoms with Gasteiger partial charge in [0.25, 0.3) is 11.7 Å². The minimum atomic E-state index is -0.766. The molecule has 1 amide bonds. The number of halogens is 2. The molecule has 8 heteroatoms. The van der Waals surface area contributed by atoms with E-state index >= 15 is 0 Å². The number of nitrogens with zero attached hydrogens (tertiary/aromatic N) is 1. The van der Waals surface area contributed by atoms with Crippen molar-refractivity contribution in [2.45, 2.75) is 39.2 Å². The van der Waals surface area contributed by atoms with Gasteiger partial charge in [0.15, 0.2) is 0 Å². The zero-order valence-electron chi connectivity index (χ0n) is 18.9. The van der Waals surface area contributed by atoms with Crippen LogP contribution in [-0.4, -0.2) is 42.0 Å². The second-order valence-electron chi connectivity index (χ2n) is 7.73. The number of carbonyl (C=O) groups excluding carboxylic acids is 2. The van der Waals surface area contributed by atoms with E-state index in [4.69, 9.17) is 32.7 Å². The van der Waals surface area contributed by atoms with E-state index in [2.05, 4.69) is 0 Å². The summed E-state index contributed by atoms with van der Waals surface area (Å²) in [7, 11) is 1.40. The molecular weight excluding hydrogens is 465 g/mol. The van der Waals surface area contributed by atoms with Gasteiger partial charge in [-0.05, 0) is 42.7 Å². The molecule has 0 radical (unpaired) electrons. The van der Waals surface area contributed by atoms with E-state index in [0.29, 0.717) is 30.9 Å². The third-order valence-corrected chi connectivity index (χ3v) is 5.93. The van der Waals surface area contributed by atoms with Gasteiger partial charge in [0.2, 0.25) is 0 Å². The third kappa shape index (κ3) is 5.12. The first-order chi connectivity index (χ1) is 15.8. The van der Waals surface area contributed by atoms with Gasteiger partial charge in [0.05, 0.1) is 35.9 Å². The van der Waals surface area contributed by atoms with E-state index in [1.54, 1.807) is 24.3 Å². The Morgan fingerprint density at radius 3 is 2.39 bits per heavy atom. The monoisotopic (exact) mass is 491 g/mol. The molecule has 0 spiro atoms. The molecule has 1 atom stereocenters. The molecule has 1 saturated heterocycles. The molecule has 0 saturated carbocycles. The number of hydrogen-bond donors (Lipinski definition) is 1. The van der Waals surface area contributed by atoms with Crippen molar-refractivity contribution in [1.82, 2.24) is 4.90 Å². The smallest absolute Gasteiger partial charge is 0.295 e. The van der Waals surface area contributed by atoms with Gasteiger partial charge in [0, 0.05) is 11.6 Å². The van der Waals surface area contributed by atoms with Crippen LogP contribution in [0.3, 0.4) is 0 Å². The zero-order chi connectivity index (χ0) is 24.1. The van der Waals surface area contributed by atoms with Crippen LogP contribution in [0.15, 0.2) is 42.0 Å². The summed E-state index contributed by atoms with van der Waals surface area (Å²) in [5, 5.41) is 11.7. The van der Waals surface area contributed by atoms with Crippen LogP contribution in [0.5, 0.6) is 11.5 Å². The number of ketones is 1. The Kier molecular flexibility index (Phi) is 8.27. The predicted molar refractivity (Wildman–Crippen MR) is 129 cm³/mol. The molecule has 2 aromatic rings. The Labute approximate surface area is 203 Å². The minimum Gasteiger partial charge on any atom is -0.507 e. The van der Waals surface area contributed by atoms with Crippen LogP contribution in [-0.2, 0) is 9.59 Å². The first-order valence-corrected chi connectivity index (χ1v) is 11.6. The topological polar surface area (TPSA) is 76.1 Å². The van der Waals surface area contributed by atoms with E-state index in [9.17, 15) is 14.7 Å². The number of aliphatic hydroxyl groups excluding tert-OH is 1. The van der Waals surface area contributed by atoms with Crippen molar-refractivity contribution in [1.29, 1.82) is 0 Å². The Balaban J connectivity index is 2.17. The van der Waals surface area contributed by atoms with Gasteiger partial charge in [-0.1, -0.05) is 55.6 Å². The Morgan fingerprint density at radius 2 is 1.79 bits per heavy atom. The van der Waals surface area contributed by atoms with Crippen LogP contribution in [0.1, 0.15) is 50.3 Å². The number of carbonyl (C=O) groups is 2. The Morgan fingerprint density at radius 1 is 1.09 bits per heavy atom. The van der Waals surface area contributed by atoms with Crippen molar-refractivity contribution in [2.75, 3.05) is 20.3 Å². The summed E-state index contributed by atoms with van der Waals surface area (Å²) in [6.07, 6.45) is 2.44. The van der Waals surface area contributed by atoms with Gasteiger partial charge < -0.3 is 19.5 Å². The lowest BCUT2D eigenvalue weighted by molar-refractivity contribution is -0.139. The van der Waals surface area contributed by atoms with Gasteiger partial charge in [0.1, 0.15) is 17.3 Å². The second-order valence-corrected chi connectivity index (χ2v) is 8.58. The maximum atomic E-state index is 13.1. The highest BCUT2D eigenvalue weighted by molar-refractivity contribution is 6.46. The van der Waals surface area contributed by atoms with Crippen LogP contribution < -0.4 is 9.47 Å². The van der Waals surface area contributed by atoms with Gasteiger partial charge >= 0.3 is 0 Å². The fourth-order valence-corrected chi connectivity index (χ4v) is 4.41. The molecule has 1 heterocycles. The molecule has 1 fully saturated rings. The highest BCUT2D eigenvalue weighted by atomic mass is 35.5. The Bertz CT molecular complexity index is 1070. The molecular formula is C25H27Cl2NO5. The quantitative estimate of drug-likeness (QED) is 0.264. The SMILES string of the molecule is CCCCN1C(=O)C(=O)/C(=C(/O)c2cc(Cl)cc(Cl)c2OC)C1c1ccc(OCCC)cc1. The molecule has 1 aliphatic rings. The largest absolute Gasteiger partial charge is 0.507 e. The minimum absolute atomic E-state index is 0.0324. The third-order valence-electron chi connectivity index (χ3n) is 5.43. The number of amides is 1. The summed E-state index contributed by atoms with van der Waals surface area (Å²) in [5.41, 5.74) is 0.800. The van der Waals surface area contributed by atoms with Gasteiger partial charge in [-0.2, -0.15) is 0 Å². The number of benzene rings is 2. The number of likely N-dealkylation sites (tertiary alicyclic amines) is 1. The molecule has 0 bridgehead atoms. The lowest BCUT2D eigenvalue weighted by Crippen LogP contribution is -2.30. The molecule has 1 unspecified atom stereocenters. The maximum absolute atomic E-state index is 13.1. The summed E-state index contributed by atoms with van der Waals surface area (Å²) in [6, 6.07) is 9.36. The number of ether oxygens (including phenoxy) is 2. The number of Topliss-reactive ketones (excluding diaryl/α,β-unsaturated/α-hetero) is 1. The van der Waals surface area contributed by atoms with Crippen LogP contribution in [0.2, 0.25) is 10.0 Å². The molecule has 1 aliphatic heterocycles. The van der Waals surface area contributed by atoms with Gasteiger partial charge in [-0.15, -0.1) is 0 Å². The average molecular weight is 492 g/mol. The molecule has 176 valence electrons. The van der Waals surface area contributed by atoms with Crippen LogP contribution >= 0.6 is 23.2 Å². The summed E-state index contributed by atoms with van der Waals surface area (Å²) >= 11 is 12.4. The maximum Gasteiger partial charge on any atom is 0.295 e. The van der Waals surface area contributed by atoms with Crippen LogP contribution in [0.25, 0.3) is 5.76 Å². The second kappa shape index (κ2) is 10.9. The van der Waals surface area contributed by atoms with Gasteiger partial charge in [-0.25, -0.2) is 0 Å². The van der Waals surface area contributed by atoms with Crippen LogP contribution in [0, 0.1) is 0 Å². The fourth-order valence-electron chi connectivity index (χ4n) is 3.84. The number of aliphatic hydroxyl groups is 1. The Hall–Kier alpha value is -2.70. The number of hydrogen-bond acceptors (Lipinski definition) is 5. The van der Waals surface area contributed by atoms with Crippen molar-refractivity contribution >= 4 is 40.7 Å². The lowest BCUT2D eigenvalue weighted by Gasteiger charge is -2.25. The molecule has 2 aromatic carbocycles. The first-order valence-electron chi connectivity index (χ1n) is 10.9. The summed E-state index contributed by atoms with van der Waals surface area (Å²) < 4.78 is 11.0.